The molecule has 7 heteroatoms. The van der Waals surface area contributed by atoms with E-state index in [0.717, 1.165) is 11.3 Å². The van der Waals surface area contributed by atoms with Gasteiger partial charge in [-0.3, -0.25) is 4.79 Å². The number of rotatable bonds is 5. The molecule has 0 aliphatic carbocycles. The third kappa shape index (κ3) is 3.16. The van der Waals surface area contributed by atoms with Gasteiger partial charge in [-0.2, -0.15) is 0 Å². The van der Waals surface area contributed by atoms with Gasteiger partial charge >= 0.3 is 5.97 Å². The van der Waals surface area contributed by atoms with Crippen molar-refractivity contribution in [3.63, 3.8) is 0 Å². The average Bonchev–Trinajstić information content (AvgIpc) is 3.00. The summed E-state index contributed by atoms with van der Waals surface area (Å²) in [6.07, 6.45) is 0.488. The fourth-order valence-corrected chi connectivity index (χ4v) is 3.30. The standard InChI is InChI=1S/C17H16N2O4S/c1-3-23-17(21)12-9-24-16-14(12)15(20)18-13(19-16)8-10-4-6-11(22-2)7-5-10/h4-7,9H,3,8H2,1-2H3,(H,18,19,20). The van der Waals surface area contributed by atoms with Crippen molar-refractivity contribution in [1.82, 2.24) is 9.97 Å². The maximum Gasteiger partial charge on any atom is 0.339 e. The van der Waals surface area contributed by atoms with E-state index < -0.39 is 5.97 Å². The van der Waals surface area contributed by atoms with Gasteiger partial charge in [0.2, 0.25) is 0 Å². The van der Waals surface area contributed by atoms with Gasteiger partial charge in [-0.15, -0.1) is 11.3 Å². The van der Waals surface area contributed by atoms with Crippen LogP contribution in [0.2, 0.25) is 0 Å². The molecule has 6 nitrogen and oxygen atoms in total. The van der Waals surface area contributed by atoms with Gasteiger partial charge in [0.05, 0.1) is 24.7 Å². The maximum atomic E-state index is 12.4. The van der Waals surface area contributed by atoms with Gasteiger partial charge < -0.3 is 14.5 Å². The molecule has 0 amide bonds. The molecule has 1 N–H and O–H groups in total. The Morgan fingerprint density at radius 3 is 2.71 bits per heavy atom. The fraction of sp³-hybridized carbons (Fsp3) is 0.235. The number of carbonyl (C=O) groups is 1. The Hall–Kier alpha value is -2.67. The molecule has 0 saturated carbocycles. The molecule has 0 aliphatic rings. The van der Waals surface area contributed by atoms with Crippen LogP contribution in [0.5, 0.6) is 5.75 Å². The van der Waals surface area contributed by atoms with Crippen molar-refractivity contribution in [3.8, 4) is 5.75 Å². The number of nitrogens with zero attached hydrogens (tertiary/aromatic N) is 1. The topological polar surface area (TPSA) is 81.3 Å². The van der Waals surface area contributed by atoms with Crippen LogP contribution in [0.1, 0.15) is 28.7 Å². The largest absolute Gasteiger partial charge is 0.497 e. The third-order valence-electron chi connectivity index (χ3n) is 3.52. The van der Waals surface area contributed by atoms with Crippen LogP contribution >= 0.6 is 11.3 Å². The molecule has 3 aromatic rings. The summed E-state index contributed by atoms with van der Waals surface area (Å²) in [5.41, 5.74) is 0.940. The zero-order valence-corrected chi connectivity index (χ0v) is 14.1. The summed E-state index contributed by atoms with van der Waals surface area (Å²) in [5.74, 6) is 0.821. The maximum absolute atomic E-state index is 12.4. The number of ether oxygens (including phenoxy) is 2. The van der Waals surface area contributed by atoms with Gasteiger partial charge in [-0.1, -0.05) is 12.1 Å². The Bertz CT molecular complexity index is 928. The van der Waals surface area contributed by atoms with E-state index in [0.29, 0.717) is 17.1 Å². The second kappa shape index (κ2) is 6.84. The third-order valence-corrected chi connectivity index (χ3v) is 4.39. The number of aromatic amines is 1. The molecule has 2 heterocycles. The smallest absolute Gasteiger partial charge is 0.339 e. The second-order valence-corrected chi connectivity index (χ2v) is 5.95. The van der Waals surface area contributed by atoms with Gasteiger partial charge in [0, 0.05) is 11.8 Å². The van der Waals surface area contributed by atoms with E-state index in [1.807, 2.05) is 24.3 Å². The average molecular weight is 344 g/mol. The molecular formula is C17H16N2O4S. The summed E-state index contributed by atoms with van der Waals surface area (Å²) in [4.78, 5) is 32.0. The van der Waals surface area contributed by atoms with Crippen molar-refractivity contribution in [2.75, 3.05) is 13.7 Å². The lowest BCUT2D eigenvalue weighted by Gasteiger charge is -2.04. The number of carbonyl (C=O) groups excluding carboxylic acids is 1. The summed E-state index contributed by atoms with van der Waals surface area (Å²) in [6, 6.07) is 7.55. The molecule has 0 spiro atoms. The number of thiophene rings is 1. The highest BCUT2D eigenvalue weighted by Crippen LogP contribution is 2.22. The number of hydrogen-bond donors (Lipinski definition) is 1. The van der Waals surface area contributed by atoms with Gasteiger partial charge in [-0.25, -0.2) is 9.78 Å². The molecular weight excluding hydrogens is 328 g/mol. The number of hydrogen-bond acceptors (Lipinski definition) is 6. The van der Waals surface area contributed by atoms with Crippen LogP contribution in [0.4, 0.5) is 0 Å². The first-order valence-corrected chi connectivity index (χ1v) is 8.30. The van der Waals surface area contributed by atoms with Crippen LogP contribution in [0.15, 0.2) is 34.4 Å². The van der Waals surface area contributed by atoms with Crippen molar-refractivity contribution in [2.45, 2.75) is 13.3 Å². The molecule has 0 saturated heterocycles. The van der Waals surface area contributed by atoms with Crippen molar-refractivity contribution < 1.29 is 14.3 Å². The molecule has 0 bridgehead atoms. The van der Waals surface area contributed by atoms with Crippen molar-refractivity contribution in [2.24, 2.45) is 0 Å². The van der Waals surface area contributed by atoms with E-state index >= 15 is 0 Å². The molecule has 24 heavy (non-hydrogen) atoms. The van der Waals surface area contributed by atoms with E-state index in [4.69, 9.17) is 9.47 Å². The highest BCUT2D eigenvalue weighted by Gasteiger charge is 2.18. The van der Waals surface area contributed by atoms with Crippen LogP contribution < -0.4 is 10.3 Å². The molecule has 2 aromatic heterocycles. The fourth-order valence-electron chi connectivity index (χ4n) is 2.37. The molecule has 124 valence electrons. The van der Waals surface area contributed by atoms with Crippen LogP contribution in [-0.2, 0) is 11.2 Å². The number of aromatic nitrogens is 2. The SMILES string of the molecule is CCOC(=O)c1csc2nc(Cc3ccc(OC)cc3)[nH]c(=O)c12. The molecule has 0 fully saturated rings. The van der Waals surface area contributed by atoms with E-state index in [-0.39, 0.29) is 23.1 Å². The summed E-state index contributed by atoms with van der Waals surface area (Å²) >= 11 is 1.26. The summed E-state index contributed by atoms with van der Waals surface area (Å²) in [7, 11) is 1.61. The first-order valence-electron chi connectivity index (χ1n) is 7.42. The molecule has 0 aliphatic heterocycles. The van der Waals surface area contributed by atoms with E-state index in [1.165, 1.54) is 11.3 Å². The predicted molar refractivity (Wildman–Crippen MR) is 92.0 cm³/mol. The van der Waals surface area contributed by atoms with Crippen molar-refractivity contribution in [3.05, 3.63) is 57.0 Å². The molecule has 3 rings (SSSR count). The van der Waals surface area contributed by atoms with Gasteiger partial charge in [0.1, 0.15) is 16.4 Å². The van der Waals surface area contributed by atoms with Crippen LogP contribution in [0, 0.1) is 0 Å². The second-order valence-electron chi connectivity index (χ2n) is 5.09. The molecule has 1 aromatic carbocycles. The lowest BCUT2D eigenvalue weighted by atomic mass is 10.1. The Labute approximate surface area is 142 Å². The number of methoxy groups -OCH3 is 1. The Balaban J connectivity index is 1.93. The zero-order chi connectivity index (χ0) is 17.1. The van der Waals surface area contributed by atoms with E-state index in [9.17, 15) is 9.59 Å². The predicted octanol–water partition coefficient (Wildman–Crippen LogP) is 2.76. The lowest BCUT2D eigenvalue weighted by Crippen LogP contribution is -2.14. The first-order chi connectivity index (χ1) is 11.6. The Morgan fingerprint density at radius 2 is 2.04 bits per heavy atom. The van der Waals surface area contributed by atoms with Crippen LogP contribution in [0.3, 0.4) is 0 Å². The quantitative estimate of drug-likeness (QED) is 0.720. The zero-order valence-electron chi connectivity index (χ0n) is 13.3. The summed E-state index contributed by atoms with van der Waals surface area (Å²) in [6.45, 7) is 1.99. The van der Waals surface area contributed by atoms with E-state index in [2.05, 4.69) is 9.97 Å². The first kappa shape index (κ1) is 16.2. The lowest BCUT2D eigenvalue weighted by molar-refractivity contribution is 0.0529. The van der Waals surface area contributed by atoms with Gasteiger partial charge in [0.25, 0.3) is 5.56 Å². The molecule has 0 unspecified atom stereocenters. The number of nitrogens with one attached hydrogen (secondary N) is 1. The highest BCUT2D eigenvalue weighted by molar-refractivity contribution is 7.17. The number of fused-ring (bicyclic) bond motifs is 1. The van der Waals surface area contributed by atoms with Crippen LogP contribution in [-0.4, -0.2) is 29.7 Å². The Morgan fingerprint density at radius 1 is 1.29 bits per heavy atom. The van der Waals surface area contributed by atoms with E-state index in [1.54, 1.807) is 19.4 Å². The van der Waals surface area contributed by atoms with Crippen LogP contribution in [0.25, 0.3) is 10.2 Å². The Kier molecular flexibility index (Phi) is 4.61. The molecule has 0 radical (unpaired) electrons. The summed E-state index contributed by atoms with van der Waals surface area (Å²) < 4.78 is 10.1. The van der Waals surface area contributed by atoms with Gasteiger partial charge in [0.15, 0.2) is 0 Å². The monoisotopic (exact) mass is 344 g/mol. The highest BCUT2D eigenvalue weighted by atomic mass is 32.1. The minimum atomic E-state index is -0.501. The minimum Gasteiger partial charge on any atom is -0.497 e. The normalized spacial score (nSPS) is 10.8. The van der Waals surface area contributed by atoms with Crippen molar-refractivity contribution >= 4 is 27.5 Å². The molecule has 0 atom stereocenters. The minimum absolute atomic E-state index is 0.261. The number of benzene rings is 1. The van der Waals surface area contributed by atoms with Crippen molar-refractivity contribution in [1.29, 1.82) is 0 Å². The van der Waals surface area contributed by atoms with Gasteiger partial charge in [-0.05, 0) is 24.6 Å². The number of H-pyrrole nitrogens is 1. The number of esters is 1. The summed E-state index contributed by atoms with van der Waals surface area (Å²) in [5, 5.41) is 1.90.